The molecule has 1 aromatic carbocycles. The summed E-state index contributed by atoms with van der Waals surface area (Å²) in [4.78, 5) is 12.1. The highest BCUT2D eigenvalue weighted by molar-refractivity contribution is 7.98. The summed E-state index contributed by atoms with van der Waals surface area (Å²) in [5.41, 5.74) is 1.46. The molecule has 0 N–H and O–H groups in total. The minimum absolute atomic E-state index is 0.241. The molecule has 0 aliphatic heterocycles. The van der Waals surface area contributed by atoms with Gasteiger partial charge in [0.05, 0.1) is 6.61 Å². The maximum atomic E-state index is 12.1. The monoisotopic (exact) mass is 318 g/mol. The van der Waals surface area contributed by atoms with E-state index in [2.05, 4.69) is 15.5 Å². The van der Waals surface area contributed by atoms with Crippen molar-refractivity contribution in [3.63, 3.8) is 0 Å². The Labute approximate surface area is 130 Å². The van der Waals surface area contributed by atoms with Gasteiger partial charge in [0.1, 0.15) is 5.58 Å². The summed E-state index contributed by atoms with van der Waals surface area (Å²) in [7, 11) is 1.77. The summed E-state index contributed by atoms with van der Waals surface area (Å²) in [6.45, 7) is 2.07. The number of furan rings is 1. The Morgan fingerprint density at radius 3 is 2.95 bits per heavy atom. The van der Waals surface area contributed by atoms with Crippen molar-refractivity contribution in [2.24, 2.45) is 7.05 Å². The summed E-state index contributed by atoms with van der Waals surface area (Å²) in [6.07, 6.45) is 0. The molecule has 2 heterocycles. The van der Waals surface area contributed by atoms with Gasteiger partial charge in [0.25, 0.3) is 0 Å². The van der Waals surface area contributed by atoms with E-state index in [4.69, 9.17) is 9.15 Å². The standard InChI is InChI=1S/C14H14N4O3S/c1-3-20-13(19)12-10(8-22-14-15-16-17-18(14)2)9-6-4-5-7-11(9)21-12/h4-7H,3,8H2,1-2H3. The van der Waals surface area contributed by atoms with Gasteiger partial charge in [0, 0.05) is 23.8 Å². The zero-order valence-corrected chi connectivity index (χ0v) is 13.0. The van der Waals surface area contributed by atoms with Crippen LogP contribution in [-0.4, -0.2) is 32.8 Å². The van der Waals surface area contributed by atoms with Crippen LogP contribution >= 0.6 is 11.8 Å². The first-order valence-electron chi connectivity index (χ1n) is 6.73. The number of aryl methyl sites for hydroxylation is 1. The highest BCUT2D eigenvalue weighted by atomic mass is 32.2. The number of tetrazole rings is 1. The van der Waals surface area contributed by atoms with Crippen molar-refractivity contribution < 1.29 is 13.9 Å². The zero-order valence-electron chi connectivity index (χ0n) is 12.1. The van der Waals surface area contributed by atoms with Gasteiger partial charge in [0.2, 0.25) is 10.9 Å². The van der Waals surface area contributed by atoms with Crippen LogP contribution in [0.3, 0.4) is 0 Å². The average Bonchev–Trinajstić information content (AvgIpc) is 3.09. The SMILES string of the molecule is CCOC(=O)c1oc2ccccc2c1CSc1nnnn1C. The van der Waals surface area contributed by atoms with Gasteiger partial charge in [-0.15, -0.1) is 5.10 Å². The van der Waals surface area contributed by atoms with Crippen LogP contribution in [0.15, 0.2) is 33.8 Å². The van der Waals surface area contributed by atoms with Gasteiger partial charge in [0.15, 0.2) is 0 Å². The number of rotatable bonds is 5. The van der Waals surface area contributed by atoms with Gasteiger partial charge in [-0.1, -0.05) is 30.0 Å². The Balaban J connectivity index is 1.96. The van der Waals surface area contributed by atoms with Crippen LogP contribution in [0, 0.1) is 0 Å². The number of hydrogen-bond donors (Lipinski definition) is 0. The van der Waals surface area contributed by atoms with Crippen LogP contribution < -0.4 is 0 Å². The van der Waals surface area contributed by atoms with E-state index in [0.29, 0.717) is 23.1 Å². The predicted octanol–water partition coefficient (Wildman–Crippen LogP) is 2.43. The quantitative estimate of drug-likeness (QED) is 0.527. The minimum atomic E-state index is -0.453. The van der Waals surface area contributed by atoms with Gasteiger partial charge in [-0.25, -0.2) is 9.48 Å². The average molecular weight is 318 g/mol. The van der Waals surface area contributed by atoms with E-state index in [-0.39, 0.29) is 5.76 Å². The van der Waals surface area contributed by atoms with E-state index in [1.165, 1.54) is 11.8 Å². The predicted molar refractivity (Wildman–Crippen MR) is 80.5 cm³/mol. The van der Waals surface area contributed by atoms with Crippen LogP contribution in [0.25, 0.3) is 11.0 Å². The molecule has 0 unspecified atom stereocenters. The zero-order chi connectivity index (χ0) is 15.5. The first-order chi connectivity index (χ1) is 10.7. The summed E-state index contributed by atoms with van der Waals surface area (Å²) < 4.78 is 12.3. The van der Waals surface area contributed by atoms with Crippen molar-refractivity contribution in [2.45, 2.75) is 17.8 Å². The largest absolute Gasteiger partial charge is 0.460 e. The van der Waals surface area contributed by atoms with Gasteiger partial charge in [-0.05, 0) is 23.4 Å². The van der Waals surface area contributed by atoms with Crippen LogP contribution in [0.2, 0.25) is 0 Å². The summed E-state index contributed by atoms with van der Waals surface area (Å²) in [6, 6.07) is 7.53. The Morgan fingerprint density at radius 2 is 2.23 bits per heavy atom. The molecule has 0 atom stereocenters. The lowest BCUT2D eigenvalue weighted by atomic mass is 10.1. The number of carbonyl (C=O) groups is 1. The van der Waals surface area contributed by atoms with E-state index >= 15 is 0 Å². The molecule has 3 aromatic rings. The second-order valence-electron chi connectivity index (χ2n) is 4.50. The number of esters is 1. The van der Waals surface area contributed by atoms with Crippen molar-refractivity contribution in [3.05, 3.63) is 35.6 Å². The third-order valence-electron chi connectivity index (χ3n) is 3.09. The minimum Gasteiger partial charge on any atom is -0.460 e. The van der Waals surface area contributed by atoms with Gasteiger partial charge < -0.3 is 9.15 Å². The van der Waals surface area contributed by atoms with Crippen molar-refractivity contribution in [1.29, 1.82) is 0 Å². The second-order valence-corrected chi connectivity index (χ2v) is 5.44. The lowest BCUT2D eigenvalue weighted by molar-refractivity contribution is 0.0491. The molecule has 0 spiro atoms. The van der Waals surface area contributed by atoms with Gasteiger partial charge in [-0.3, -0.25) is 0 Å². The van der Waals surface area contributed by atoms with Crippen molar-refractivity contribution >= 4 is 28.7 Å². The Bertz CT molecular complexity index is 811. The molecule has 0 amide bonds. The highest BCUT2D eigenvalue weighted by Crippen LogP contribution is 2.31. The van der Waals surface area contributed by atoms with E-state index in [0.717, 1.165) is 10.9 Å². The number of aromatic nitrogens is 4. The molecule has 3 rings (SSSR count). The number of fused-ring (bicyclic) bond motifs is 1. The molecule has 0 saturated carbocycles. The number of thioether (sulfide) groups is 1. The molecule has 0 aliphatic carbocycles. The maximum Gasteiger partial charge on any atom is 0.374 e. The van der Waals surface area contributed by atoms with Crippen molar-refractivity contribution in [2.75, 3.05) is 6.61 Å². The molecular weight excluding hydrogens is 304 g/mol. The smallest absolute Gasteiger partial charge is 0.374 e. The molecule has 114 valence electrons. The normalized spacial score (nSPS) is 11.0. The number of carbonyl (C=O) groups excluding carboxylic acids is 1. The van der Waals surface area contributed by atoms with Crippen molar-refractivity contribution in [3.8, 4) is 0 Å². The fourth-order valence-corrected chi connectivity index (χ4v) is 2.96. The number of nitrogens with zero attached hydrogens (tertiary/aromatic N) is 4. The van der Waals surface area contributed by atoms with Crippen LogP contribution in [-0.2, 0) is 17.5 Å². The molecule has 0 bridgehead atoms. The first kappa shape index (κ1) is 14.6. The van der Waals surface area contributed by atoms with E-state index in [1.807, 2.05) is 24.3 Å². The van der Waals surface area contributed by atoms with Gasteiger partial charge in [-0.2, -0.15) is 0 Å². The maximum absolute atomic E-state index is 12.1. The summed E-state index contributed by atoms with van der Waals surface area (Å²) in [5, 5.41) is 12.9. The van der Waals surface area contributed by atoms with E-state index in [9.17, 15) is 4.79 Å². The lowest BCUT2D eigenvalue weighted by Gasteiger charge is -2.02. The summed E-state index contributed by atoms with van der Waals surface area (Å²) in [5.74, 6) is 0.301. The van der Waals surface area contributed by atoms with Crippen LogP contribution in [0.5, 0.6) is 0 Å². The van der Waals surface area contributed by atoms with E-state index in [1.54, 1.807) is 18.7 Å². The molecule has 8 heteroatoms. The molecule has 22 heavy (non-hydrogen) atoms. The molecule has 0 radical (unpaired) electrons. The fourth-order valence-electron chi connectivity index (χ4n) is 2.08. The third kappa shape index (κ3) is 2.69. The number of hydrogen-bond acceptors (Lipinski definition) is 7. The number of ether oxygens (including phenoxy) is 1. The highest BCUT2D eigenvalue weighted by Gasteiger charge is 2.22. The second kappa shape index (κ2) is 6.18. The van der Waals surface area contributed by atoms with Crippen LogP contribution in [0.4, 0.5) is 0 Å². The third-order valence-corrected chi connectivity index (χ3v) is 4.12. The Morgan fingerprint density at radius 1 is 1.41 bits per heavy atom. The molecular formula is C14H14N4O3S. The van der Waals surface area contributed by atoms with E-state index < -0.39 is 5.97 Å². The Kier molecular flexibility index (Phi) is 4.10. The lowest BCUT2D eigenvalue weighted by Crippen LogP contribution is -2.05. The van der Waals surface area contributed by atoms with Crippen molar-refractivity contribution in [1.82, 2.24) is 20.2 Å². The molecule has 2 aromatic heterocycles. The molecule has 0 saturated heterocycles. The molecule has 0 fully saturated rings. The molecule has 7 nitrogen and oxygen atoms in total. The number of benzene rings is 1. The molecule has 0 aliphatic rings. The fraction of sp³-hybridized carbons (Fsp3) is 0.286. The summed E-state index contributed by atoms with van der Waals surface area (Å²) >= 11 is 1.44. The first-order valence-corrected chi connectivity index (χ1v) is 7.72. The number of para-hydroxylation sites is 1. The van der Waals surface area contributed by atoms with Gasteiger partial charge >= 0.3 is 5.97 Å². The Hall–Kier alpha value is -2.35. The van der Waals surface area contributed by atoms with Crippen LogP contribution in [0.1, 0.15) is 23.0 Å². The topological polar surface area (TPSA) is 83.0 Å².